The van der Waals surface area contributed by atoms with Crippen LogP contribution in [0.1, 0.15) is 0 Å². The number of aromatic amines is 2. The average molecular weight is 390 g/mol. The van der Waals surface area contributed by atoms with Crippen LogP contribution in [0.25, 0.3) is 20.4 Å². The van der Waals surface area contributed by atoms with Crippen molar-refractivity contribution >= 4 is 67.5 Å². The zero-order valence-corrected chi connectivity index (χ0v) is 15.0. The summed E-state index contributed by atoms with van der Waals surface area (Å²) < 4.78 is 4.16. The van der Waals surface area contributed by atoms with Crippen molar-refractivity contribution in [3.8, 4) is 0 Å². The zero-order chi connectivity index (χ0) is 13.9. The van der Waals surface area contributed by atoms with Crippen molar-refractivity contribution in [2.24, 2.45) is 0 Å². The minimum absolute atomic E-state index is 0. The number of aromatic nitrogens is 2. The Morgan fingerprint density at radius 1 is 0.667 bits per heavy atom. The minimum Gasteiger partial charge on any atom is -0.337 e. The predicted octanol–water partition coefficient (Wildman–Crippen LogP) is 5.92. The van der Waals surface area contributed by atoms with E-state index >= 15 is 0 Å². The molecule has 0 aliphatic heterocycles. The Morgan fingerprint density at radius 3 is 1.43 bits per heavy atom. The first-order chi connectivity index (χ1) is 9.72. The van der Waals surface area contributed by atoms with E-state index in [1.165, 1.54) is 9.40 Å². The van der Waals surface area contributed by atoms with Gasteiger partial charge in [0.2, 0.25) is 0 Å². The fourth-order valence-electron chi connectivity index (χ4n) is 1.79. The standard InChI is InChI=1S/2C7H5NS2.Fe/c2*9-7-8-5-3-1-2-4-6(5)10-7;/h2*1-4H,(H,8,9);. The van der Waals surface area contributed by atoms with Gasteiger partial charge in [-0.1, -0.05) is 24.3 Å². The van der Waals surface area contributed by atoms with Crippen molar-refractivity contribution in [1.29, 1.82) is 0 Å². The van der Waals surface area contributed by atoms with Gasteiger partial charge in [0.05, 0.1) is 20.4 Å². The summed E-state index contributed by atoms with van der Waals surface area (Å²) in [6.07, 6.45) is 0. The van der Waals surface area contributed by atoms with Crippen LogP contribution in [0.4, 0.5) is 0 Å². The Bertz CT molecular complexity index is 812. The molecule has 0 aliphatic carbocycles. The van der Waals surface area contributed by atoms with Gasteiger partial charge >= 0.3 is 0 Å². The average Bonchev–Trinajstić information content (AvgIpc) is 2.99. The van der Waals surface area contributed by atoms with Crippen molar-refractivity contribution in [1.82, 2.24) is 9.97 Å². The molecule has 0 amide bonds. The second kappa shape index (κ2) is 7.44. The molecule has 2 aromatic heterocycles. The van der Waals surface area contributed by atoms with Gasteiger partial charge in [-0.25, -0.2) is 0 Å². The molecule has 2 nitrogen and oxygen atoms in total. The van der Waals surface area contributed by atoms with Gasteiger partial charge in [0.1, 0.15) is 0 Å². The molecule has 0 fully saturated rings. The van der Waals surface area contributed by atoms with E-state index in [1.54, 1.807) is 22.7 Å². The molecule has 0 radical (unpaired) electrons. The van der Waals surface area contributed by atoms with E-state index in [-0.39, 0.29) is 17.1 Å². The number of fused-ring (bicyclic) bond motifs is 2. The molecule has 4 aromatic rings. The predicted molar refractivity (Wildman–Crippen MR) is 94.0 cm³/mol. The maximum atomic E-state index is 4.98. The van der Waals surface area contributed by atoms with E-state index in [9.17, 15) is 0 Å². The number of hydrogen-bond donors (Lipinski definition) is 2. The van der Waals surface area contributed by atoms with Crippen LogP contribution in [0.5, 0.6) is 0 Å². The largest absolute Gasteiger partial charge is 0.337 e. The molecule has 4 rings (SSSR count). The summed E-state index contributed by atoms with van der Waals surface area (Å²) in [6, 6.07) is 16.2. The molecule has 2 heterocycles. The molecule has 0 atom stereocenters. The van der Waals surface area contributed by atoms with Crippen molar-refractivity contribution in [2.75, 3.05) is 0 Å². The third-order valence-electron chi connectivity index (χ3n) is 2.65. The van der Waals surface area contributed by atoms with Crippen molar-refractivity contribution < 1.29 is 17.1 Å². The quantitative estimate of drug-likeness (QED) is 0.289. The maximum absolute atomic E-state index is 4.98. The van der Waals surface area contributed by atoms with Crippen LogP contribution in [-0.4, -0.2) is 9.97 Å². The number of H-pyrrole nitrogens is 2. The fourth-order valence-corrected chi connectivity index (χ4v) is 4.02. The Morgan fingerprint density at radius 2 is 1.05 bits per heavy atom. The Balaban J connectivity index is 0.000000147. The summed E-state index contributed by atoms with van der Waals surface area (Å²) in [6.45, 7) is 0. The van der Waals surface area contributed by atoms with E-state index in [0.29, 0.717) is 0 Å². The van der Waals surface area contributed by atoms with Gasteiger partial charge in [0, 0.05) is 17.1 Å². The van der Waals surface area contributed by atoms with E-state index in [1.807, 2.05) is 36.4 Å². The Hall–Kier alpha value is -0.821. The summed E-state index contributed by atoms with van der Waals surface area (Å²) in [7, 11) is 0. The first-order valence-corrected chi connectivity index (χ1v) is 8.33. The molecule has 2 N–H and O–H groups in total. The molecule has 0 aliphatic rings. The van der Waals surface area contributed by atoms with Gasteiger partial charge in [-0.3, -0.25) is 0 Å². The topological polar surface area (TPSA) is 31.6 Å². The number of thiazole rings is 2. The normalized spacial score (nSPS) is 9.90. The minimum atomic E-state index is 0. The molecule has 21 heavy (non-hydrogen) atoms. The van der Waals surface area contributed by atoms with Crippen molar-refractivity contribution in [3.05, 3.63) is 56.4 Å². The molecule has 0 bridgehead atoms. The van der Waals surface area contributed by atoms with Gasteiger partial charge < -0.3 is 9.97 Å². The van der Waals surface area contributed by atoms with Crippen LogP contribution in [0.15, 0.2) is 48.5 Å². The SMILES string of the molecule is S=c1[nH]c2ccccc2s1.S=c1[nH]c2ccccc2s1.[Fe]. The molecule has 0 spiro atoms. The van der Waals surface area contributed by atoms with Gasteiger partial charge in [0.25, 0.3) is 0 Å². The second-order valence-electron chi connectivity index (χ2n) is 4.02. The summed E-state index contributed by atoms with van der Waals surface area (Å²) in [5.74, 6) is 0. The molecular weight excluding hydrogens is 380 g/mol. The first kappa shape index (κ1) is 16.5. The van der Waals surface area contributed by atoms with Crippen LogP contribution in [0, 0.1) is 7.91 Å². The molecule has 7 heteroatoms. The van der Waals surface area contributed by atoms with Gasteiger partial charge in [0.15, 0.2) is 7.91 Å². The van der Waals surface area contributed by atoms with Crippen molar-refractivity contribution in [3.63, 3.8) is 0 Å². The van der Waals surface area contributed by atoms with Gasteiger partial charge in [-0.05, 0) is 48.7 Å². The van der Waals surface area contributed by atoms with E-state index < -0.39 is 0 Å². The molecular formula is C14H10FeN2S4. The fraction of sp³-hybridized carbons (Fsp3) is 0. The summed E-state index contributed by atoms with van der Waals surface area (Å²) in [5.41, 5.74) is 2.27. The Labute approximate surface area is 150 Å². The third kappa shape index (κ3) is 4.09. The maximum Gasteiger partial charge on any atom is 0.159 e. The molecule has 0 saturated carbocycles. The van der Waals surface area contributed by atoms with E-state index in [0.717, 1.165) is 18.9 Å². The summed E-state index contributed by atoms with van der Waals surface area (Å²) in [4.78, 5) is 6.18. The van der Waals surface area contributed by atoms with Crippen molar-refractivity contribution in [2.45, 2.75) is 0 Å². The molecule has 0 saturated heterocycles. The second-order valence-corrected chi connectivity index (χ2v) is 7.46. The van der Waals surface area contributed by atoms with Crippen LogP contribution in [-0.2, 0) is 17.1 Å². The number of nitrogens with one attached hydrogen (secondary N) is 2. The first-order valence-electron chi connectivity index (χ1n) is 5.88. The van der Waals surface area contributed by atoms with Gasteiger partial charge in [-0.15, -0.1) is 22.7 Å². The van der Waals surface area contributed by atoms with Crippen LogP contribution in [0.3, 0.4) is 0 Å². The van der Waals surface area contributed by atoms with Crippen LogP contribution >= 0.6 is 47.1 Å². The smallest absolute Gasteiger partial charge is 0.159 e. The number of benzene rings is 2. The number of rotatable bonds is 0. The number of para-hydroxylation sites is 2. The summed E-state index contributed by atoms with van der Waals surface area (Å²) >= 11 is 13.2. The summed E-state index contributed by atoms with van der Waals surface area (Å²) in [5, 5.41) is 0. The van der Waals surface area contributed by atoms with Crippen LogP contribution in [0.2, 0.25) is 0 Å². The van der Waals surface area contributed by atoms with E-state index in [2.05, 4.69) is 22.1 Å². The molecule has 2 aromatic carbocycles. The zero-order valence-electron chi connectivity index (χ0n) is 10.6. The van der Waals surface area contributed by atoms with E-state index in [4.69, 9.17) is 24.4 Å². The molecule has 108 valence electrons. The number of hydrogen-bond acceptors (Lipinski definition) is 4. The molecule has 0 unspecified atom stereocenters. The Kier molecular flexibility index (Phi) is 5.87. The van der Waals surface area contributed by atoms with Gasteiger partial charge in [-0.2, -0.15) is 0 Å². The van der Waals surface area contributed by atoms with Crippen LogP contribution < -0.4 is 0 Å². The monoisotopic (exact) mass is 390 g/mol. The third-order valence-corrected chi connectivity index (χ3v) is 5.08.